The number of anilines is 1. The molecule has 0 N–H and O–H groups in total. The van der Waals surface area contributed by atoms with Crippen LogP contribution in [0.15, 0.2) is 59.5 Å². The number of benzene rings is 2. The Bertz CT molecular complexity index is 1090. The van der Waals surface area contributed by atoms with Gasteiger partial charge in [0.15, 0.2) is 0 Å². The van der Waals surface area contributed by atoms with Crippen LogP contribution in [-0.2, 0) is 14.3 Å². The van der Waals surface area contributed by atoms with Gasteiger partial charge in [0, 0.05) is 31.9 Å². The smallest absolute Gasteiger partial charge is 0.337 e. The molecule has 3 amide bonds. The quantitative estimate of drug-likeness (QED) is 0.496. The van der Waals surface area contributed by atoms with Crippen LogP contribution in [0.1, 0.15) is 15.9 Å². The van der Waals surface area contributed by atoms with E-state index in [4.69, 9.17) is 0 Å². The molecule has 2 heterocycles. The highest BCUT2D eigenvalue weighted by atomic mass is 32.2. The Balaban J connectivity index is 1.35. The minimum Gasteiger partial charge on any atom is -0.465 e. The number of thioether (sulfide) groups is 1. The van der Waals surface area contributed by atoms with Gasteiger partial charge in [0.2, 0.25) is 5.91 Å². The monoisotopic (exact) mass is 465 g/mol. The molecule has 0 aliphatic carbocycles. The fraction of sp³-hybridized carbons (Fsp3) is 0.250. The van der Waals surface area contributed by atoms with Crippen LogP contribution in [0, 0.1) is 0 Å². The van der Waals surface area contributed by atoms with Gasteiger partial charge in [-0.3, -0.25) is 19.3 Å². The lowest BCUT2D eigenvalue weighted by Gasteiger charge is -2.36. The molecule has 2 saturated heterocycles. The fourth-order valence-electron chi connectivity index (χ4n) is 3.71. The lowest BCUT2D eigenvalue weighted by Crippen LogP contribution is -2.51. The van der Waals surface area contributed by atoms with E-state index in [1.807, 2.05) is 30.3 Å². The minimum atomic E-state index is -0.488. The zero-order valence-electron chi connectivity index (χ0n) is 18.1. The molecule has 2 fully saturated rings. The van der Waals surface area contributed by atoms with E-state index in [2.05, 4.69) is 9.64 Å². The number of para-hydroxylation sites is 1. The summed E-state index contributed by atoms with van der Waals surface area (Å²) < 4.78 is 4.67. The lowest BCUT2D eigenvalue weighted by atomic mass is 10.1. The maximum atomic E-state index is 12.8. The first-order valence-corrected chi connectivity index (χ1v) is 11.3. The summed E-state index contributed by atoms with van der Waals surface area (Å²) in [7, 11) is 1.30. The fourth-order valence-corrected chi connectivity index (χ4v) is 4.55. The number of amides is 3. The number of carbonyl (C=O) groups excluding carboxylic acids is 4. The Morgan fingerprint density at radius 1 is 0.970 bits per heavy atom. The van der Waals surface area contributed by atoms with Crippen LogP contribution >= 0.6 is 11.8 Å². The normalized spacial score (nSPS) is 17.6. The molecule has 2 aliphatic rings. The second-order valence-electron chi connectivity index (χ2n) is 7.58. The van der Waals surface area contributed by atoms with E-state index in [-0.39, 0.29) is 17.4 Å². The summed E-state index contributed by atoms with van der Waals surface area (Å²) in [6, 6.07) is 16.5. The third-order valence-corrected chi connectivity index (χ3v) is 6.46. The summed E-state index contributed by atoms with van der Waals surface area (Å²) >= 11 is 0.806. The van der Waals surface area contributed by atoms with Crippen LogP contribution in [0.3, 0.4) is 0 Å². The first kappa shape index (κ1) is 22.6. The topological polar surface area (TPSA) is 87.2 Å². The van der Waals surface area contributed by atoms with Gasteiger partial charge >= 0.3 is 5.97 Å². The molecule has 2 aliphatic heterocycles. The predicted octanol–water partition coefficient (Wildman–Crippen LogP) is 2.86. The van der Waals surface area contributed by atoms with Crippen LogP contribution in [0.4, 0.5) is 10.5 Å². The standard InChI is InChI=1S/C24H23N3O5S/c1-32-23(30)18-9-7-17(8-10-18)15-20-22(29)27(24(31)33-20)16-21(28)26-13-11-25(12-14-26)19-5-3-2-4-6-19/h2-10,15H,11-14,16H2,1H3. The molecule has 8 nitrogen and oxygen atoms in total. The number of hydrogen-bond donors (Lipinski definition) is 0. The molecule has 9 heteroatoms. The van der Waals surface area contributed by atoms with Gasteiger partial charge in [-0.2, -0.15) is 0 Å². The minimum absolute atomic E-state index is 0.242. The Hall–Kier alpha value is -3.59. The number of methoxy groups -OCH3 is 1. The van der Waals surface area contributed by atoms with Gasteiger partial charge in [-0.15, -0.1) is 0 Å². The van der Waals surface area contributed by atoms with Crippen molar-refractivity contribution in [2.75, 3.05) is 44.7 Å². The maximum Gasteiger partial charge on any atom is 0.337 e. The molecule has 33 heavy (non-hydrogen) atoms. The average Bonchev–Trinajstić information content (AvgIpc) is 3.11. The summed E-state index contributed by atoms with van der Waals surface area (Å²) in [6.45, 7) is 2.19. The Morgan fingerprint density at radius 3 is 2.27 bits per heavy atom. The summed E-state index contributed by atoms with van der Waals surface area (Å²) in [5.41, 5.74) is 2.16. The number of hydrogen-bond acceptors (Lipinski definition) is 7. The van der Waals surface area contributed by atoms with Crippen LogP contribution < -0.4 is 4.90 Å². The van der Waals surface area contributed by atoms with Crippen molar-refractivity contribution in [3.8, 4) is 0 Å². The maximum absolute atomic E-state index is 12.8. The number of ether oxygens (including phenoxy) is 1. The molecule has 0 spiro atoms. The molecule has 170 valence electrons. The predicted molar refractivity (Wildman–Crippen MR) is 126 cm³/mol. The van der Waals surface area contributed by atoms with Crippen molar-refractivity contribution >= 4 is 46.5 Å². The van der Waals surface area contributed by atoms with E-state index in [0.717, 1.165) is 22.3 Å². The molecule has 0 atom stereocenters. The Morgan fingerprint density at radius 2 is 1.64 bits per heavy atom. The van der Waals surface area contributed by atoms with Crippen molar-refractivity contribution in [3.63, 3.8) is 0 Å². The Kier molecular flexibility index (Phi) is 6.79. The van der Waals surface area contributed by atoms with Gasteiger partial charge in [-0.25, -0.2) is 4.79 Å². The van der Waals surface area contributed by atoms with Crippen molar-refractivity contribution in [3.05, 3.63) is 70.6 Å². The first-order chi connectivity index (χ1) is 16.0. The zero-order chi connectivity index (χ0) is 23.4. The second-order valence-corrected chi connectivity index (χ2v) is 8.58. The molecule has 0 aromatic heterocycles. The van der Waals surface area contributed by atoms with Crippen LogP contribution in [-0.4, -0.2) is 72.7 Å². The molecule has 0 unspecified atom stereocenters. The summed E-state index contributed by atoms with van der Waals surface area (Å²) in [6.07, 6.45) is 1.58. The van der Waals surface area contributed by atoms with E-state index < -0.39 is 17.1 Å². The molecule has 0 bridgehead atoms. The van der Waals surface area contributed by atoms with Gasteiger partial charge in [0.1, 0.15) is 6.54 Å². The Labute approximate surface area is 195 Å². The molecule has 0 radical (unpaired) electrons. The molecular formula is C24H23N3O5S. The van der Waals surface area contributed by atoms with Gasteiger partial charge in [-0.05, 0) is 47.7 Å². The highest BCUT2D eigenvalue weighted by Crippen LogP contribution is 2.32. The van der Waals surface area contributed by atoms with Crippen LogP contribution in [0.2, 0.25) is 0 Å². The number of imide groups is 1. The van der Waals surface area contributed by atoms with Crippen molar-refractivity contribution < 1.29 is 23.9 Å². The SMILES string of the molecule is COC(=O)c1ccc(C=C2SC(=O)N(CC(=O)N3CCN(c4ccccc4)CC3)C2=O)cc1. The summed E-state index contributed by atoms with van der Waals surface area (Å²) in [5, 5.41) is -0.464. The van der Waals surface area contributed by atoms with Crippen molar-refractivity contribution in [1.29, 1.82) is 0 Å². The molecule has 4 rings (SSSR count). The molecule has 2 aromatic carbocycles. The van der Waals surface area contributed by atoms with Gasteiger partial charge in [0.25, 0.3) is 11.1 Å². The highest BCUT2D eigenvalue weighted by Gasteiger charge is 2.37. The largest absolute Gasteiger partial charge is 0.465 e. The number of carbonyl (C=O) groups is 4. The van der Waals surface area contributed by atoms with Crippen LogP contribution in [0.5, 0.6) is 0 Å². The summed E-state index contributed by atoms with van der Waals surface area (Å²) in [5.74, 6) is -1.18. The van der Waals surface area contributed by atoms with Crippen molar-refractivity contribution in [2.45, 2.75) is 0 Å². The van der Waals surface area contributed by atoms with E-state index in [9.17, 15) is 19.2 Å². The summed E-state index contributed by atoms with van der Waals surface area (Å²) in [4.78, 5) is 54.6. The van der Waals surface area contributed by atoms with Crippen molar-refractivity contribution in [2.24, 2.45) is 0 Å². The number of piperazine rings is 1. The van der Waals surface area contributed by atoms with E-state index in [1.165, 1.54) is 7.11 Å². The first-order valence-electron chi connectivity index (χ1n) is 10.5. The van der Waals surface area contributed by atoms with E-state index in [1.54, 1.807) is 35.2 Å². The van der Waals surface area contributed by atoms with Gasteiger partial charge < -0.3 is 14.5 Å². The van der Waals surface area contributed by atoms with Gasteiger partial charge in [-0.1, -0.05) is 30.3 Å². The van der Waals surface area contributed by atoms with Gasteiger partial charge in [0.05, 0.1) is 17.6 Å². The molecule has 0 saturated carbocycles. The number of nitrogens with zero attached hydrogens (tertiary/aromatic N) is 3. The average molecular weight is 466 g/mol. The third-order valence-electron chi connectivity index (χ3n) is 5.55. The van der Waals surface area contributed by atoms with Crippen LogP contribution in [0.25, 0.3) is 6.08 Å². The number of rotatable bonds is 5. The second kappa shape index (κ2) is 9.91. The molecular weight excluding hydrogens is 442 g/mol. The van der Waals surface area contributed by atoms with Crippen molar-refractivity contribution in [1.82, 2.24) is 9.80 Å². The van der Waals surface area contributed by atoms with E-state index >= 15 is 0 Å². The zero-order valence-corrected chi connectivity index (χ0v) is 18.9. The molecule has 2 aromatic rings. The lowest BCUT2D eigenvalue weighted by molar-refractivity contribution is -0.136. The van der Waals surface area contributed by atoms with E-state index in [0.29, 0.717) is 37.3 Å². The number of esters is 1. The third kappa shape index (κ3) is 5.09. The highest BCUT2D eigenvalue weighted by molar-refractivity contribution is 8.18.